The Kier molecular flexibility index (Phi) is 8.69. The van der Waals surface area contributed by atoms with E-state index in [9.17, 15) is 24.3 Å². The highest BCUT2D eigenvalue weighted by Crippen LogP contribution is 2.45. The Hall–Kier alpha value is -4.32. The molecule has 5 atom stereocenters. The molecular formula is C35H39N5O6S. The van der Waals surface area contributed by atoms with Crippen LogP contribution in [0.15, 0.2) is 54.1 Å². The molecule has 47 heavy (non-hydrogen) atoms. The number of aromatic nitrogens is 2. The molecule has 2 aliphatic carbocycles. The molecule has 3 fully saturated rings. The summed E-state index contributed by atoms with van der Waals surface area (Å²) in [5, 5.41) is 17.9. The largest absolute Gasteiger partial charge is 0.487 e. The molecule has 0 spiro atoms. The normalized spacial score (nSPS) is 28.7. The molecule has 3 aromatic rings. The average molecular weight is 658 g/mol. The molecular weight excluding hydrogens is 618 g/mol. The minimum Gasteiger partial charge on any atom is -0.487 e. The van der Waals surface area contributed by atoms with Crippen LogP contribution in [0.3, 0.4) is 0 Å². The smallest absolute Gasteiger partial charge is 0.330 e. The molecule has 1 saturated heterocycles. The van der Waals surface area contributed by atoms with Crippen LogP contribution in [-0.4, -0.2) is 73.9 Å². The second kappa shape index (κ2) is 13.1. The zero-order valence-corrected chi connectivity index (χ0v) is 26.9. The first-order valence-corrected chi connectivity index (χ1v) is 17.5. The summed E-state index contributed by atoms with van der Waals surface area (Å²) in [7, 11) is 0. The van der Waals surface area contributed by atoms with Gasteiger partial charge in [0.2, 0.25) is 17.7 Å². The van der Waals surface area contributed by atoms with Gasteiger partial charge in [-0.3, -0.25) is 19.4 Å². The summed E-state index contributed by atoms with van der Waals surface area (Å²) in [5.41, 5.74) is 0.689. The molecule has 12 heteroatoms. The first-order valence-electron chi connectivity index (χ1n) is 16.6. The van der Waals surface area contributed by atoms with E-state index in [0.717, 1.165) is 48.7 Å². The Morgan fingerprint density at radius 2 is 2.00 bits per heavy atom. The molecule has 4 aliphatic rings. The SMILES string of the molecule is O=C(CC1CC1)N[C@H]1CCCCC/C=C\[C@H]2C[C@@]2(C(=O)O)NC(=O)[C@@H]2C[C@@H](Oc3cc(-c4ccccn4)nc4ccsc34)CN2C1=O. The maximum absolute atomic E-state index is 14.3. The van der Waals surface area contributed by atoms with Gasteiger partial charge < -0.3 is 25.4 Å². The first-order chi connectivity index (χ1) is 22.8. The number of rotatable bonds is 7. The lowest BCUT2D eigenvalue weighted by Crippen LogP contribution is -2.56. The summed E-state index contributed by atoms with van der Waals surface area (Å²) in [4.78, 5) is 64.3. The highest BCUT2D eigenvalue weighted by molar-refractivity contribution is 7.17. The van der Waals surface area contributed by atoms with Gasteiger partial charge in [-0.2, -0.15) is 0 Å². The predicted octanol–water partition coefficient (Wildman–Crippen LogP) is 4.47. The van der Waals surface area contributed by atoms with E-state index >= 15 is 0 Å². The second-order valence-electron chi connectivity index (χ2n) is 13.2. The number of nitrogens with zero attached hydrogens (tertiary/aromatic N) is 3. The number of aliphatic carboxylic acids is 1. The van der Waals surface area contributed by atoms with E-state index in [-0.39, 0.29) is 30.7 Å². The van der Waals surface area contributed by atoms with Crippen LogP contribution in [0.5, 0.6) is 5.75 Å². The maximum atomic E-state index is 14.3. The minimum atomic E-state index is -1.40. The molecule has 3 amide bonds. The number of amides is 3. The van der Waals surface area contributed by atoms with Crippen molar-refractivity contribution in [2.45, 2.75) is 87.9 Å². The number of carboxylic acid groups (broad SMARTS) is 1. The predicted molar refractivity (Wildman–Crippen MR) is 175 cm³/mol. The second-order valence-corrected chi connectivity index (χ2v) is 14.2. The van der Waals surface area contributed by atoms with Crippen molar-refractivity contribution in [2.75, 3.05) is 6.54 Å². The van der Waals surface area contributed by atoms with Gasteiger partial charge in [-0.15, -0.1) is 11.3 Å². The van der Waals surface area contributed by atoms with Crippen LogP contribution < -0.4 is 15.4 Å². The number of ether oxygens (including phenoxy) is 1. The minimum absolute atomic E-state index is 0.115. The van der Waals surface area contributed by atoms with E-state index in [1.807, 2.05) is 47.9 Å². The number of carbonyl (C=O) groups is 4. The maximum Gasteiger partial charge on any atom is 0.330 e. The number of carbonyl (C=O) groups excluding carboxylic acids is 3. The lowest BCUT2D eigenvalue weighted by Gasteiger charge is -2.29. The van der Waals surface area contributed by atoms with Crippen LogP contribution in [0.2, 0.25) is 0 Å². The van der Waals surface area contributed by atoms with Gasteiger partial charge >= 0.3 is 5.97 Å². The number of hydrogen-bond acceptors (Lipinski definition) is 8. The Balaban J connectivity index is 1.18. The summed E-state index contributed by atoms with van der Waals surface area (Å²) in [5.74, 6) is -1.46. The van der Waals surface area contributed by atoms with Crippen molar-refractivity contribution in [2.24, 2.45) is 11.8 Å². The van der Waals surface area contributed by atoms with Crippen molar-refractivity contribution in [3.63, 3.8) is 0 Å². The van der Waals surface area contributed by atoms with Gasteiger partial charge in [0.25, 0.3) is 0 Å². The van der Waals surface area contributed by atoms with E-state index in [0.29, 0.717) is 42.3 Å². The zero-order valence-electron chi connectivity index (χ0n) is 26.1. The van der Waals surface area contributed by atoms with E-state index in [1.54, 1.807) is 6.20 Å². The summed E-state index contributed by atoms with van der Waals surface area (Å²) in [6, 6.07) is 7.60. The van der Waals surface area contributed by atoms with Gasteiger partial charge in [-0.1, -0.05) is 31.1 Å². The quantitative estimate of drug-likeness (QED) is 0.315. The van der Waals surface area contributed by atoms with Crippen molar-refractivity contribution >= 4 is 45.2 Å². The summed E-state index contributed by atoms with van der Waals surface area (Å²) < 4.78 is 7.43. The number of fused-ring (bicyclic) bond motifs is 3. The van der Waals surface area contributed by atoms with Gasteiger partial charge in [0, 0.05) is 31.0 Å². The van der Waals surface area contributed by atoms with Crippen molar-refractivity contribution in [1.29, 1.82) is 0 Å². The van der Waals surface area contributed by atoms with Crippen LogP contribution in [0.1, 0.15) is 64.2 Å². The monoisotopic (exact) mass is 657 g/mol. The van der Waals surface area contributed by atoms with Crippen molar-refractivity contribution in [3.05, 3.63) is 54.1 Å². The topological polar surface area (TPSA) is 151 Å². The highest BCUT2D eigenvalue weighted by atomic mass is 32.1. The molecule has 0 bridgehead atoms. The first kappa shape index (κ1) is 31.3. The van der Waals surface area contributed by atoms with Crippen LogP contribution in [0.4, 0.5) is 0 Å². The Morgan fingerprint density at radius 3 is 2.79 bits per heavy atom. The van der Waals surface area contributed by atoms with Gasteiger partial charge in [0.15, 0.2) is 0 Å². The number of carboxylic acids is 1. The van der Waals surface area contributed by atoms with E-state index < -0.39 is 35.6 Å². The molecule has 2 saturated carbocycles. The van der Waals surface area contributed by atoms with Crippen LogP contribution in [-0.2, 0) is 19.2 Å². The van der Waals surface area contributed by atoms with Gasteiger partial charge in [0.05, 0.1) is 28.1 Å². The molecule has 246 valence electrons. The van der Waals surface area contributed by atoms with Crippen molar-refractivity contribution < 1.29 is 29.0 Å². The fourth-order valence-corrected chi connectivity index (χ4v) is 7.61. The number of allylic oxidation sites excluding steroid dienone is 1. The molecule has 11 nitrogen and oxygen atoms in total. The van der Waals surface area contributed by atoms with Gasteiger partial charge in [-0.25, -0.2) is 9.78 Å². The van der Waals surface area contributed by atoms with E-state index in [1.165, 1.54) is 16.2 Å². The molecule has 0 radical (unpaired) electrons. The number of hydrogen-bond donors (Lipinski definition) is 3. The van der Waals surface area contributed by atoms with E-state index in [4.69, 9.17) is 9.72 Å². The third kappa shape index (κ3) is 6.74. The van der Waals surface area contributed by atoms with Crippen LogP contribution in [0.25, 0.3) is 21.6 Å². The molecule has 0 aromatic carbocycles. The molecule has 2 aliphatic heterocycles. The van der Waals surface area contributed by atoms with Crippen LogP contribution >= 0.6 is 11.3 Å². The van der Waals surface area contributed by atoms with Gasteiger partial charge in [-0.05, 0) is 68.0 Å². The van der Waals surface area contributed by atoms with Gasteiger partial charge in [0.1, 0.15) is 29.5 Å². The summed E-state index contributed by atoms with van der Waals surface area (Å²) in [6.07, 6.45) is 11.7. The molecule has 3 N–H and O–H groups in total. The molecule has 3 aromatic heterocycles. The highest BCUT2D eigenvalue weighted by Gasteiger charge is 2.61. The fraction of sp³-hybridized carbons (Fsp3) is 0.486. The summed E-state index contributed by atoms with van der Waals surface area (Å²) in [6.45, 7) is 0.115. The molecule has 0 unspecified atom stereocenters. The van der Waals surface area contributed by atoms with E-state index in [2.05, 4.69) is 15.6 Å². The Labute approximate surface area is 276 Å². The summed E-state index contributed by atoms with van der Waals surface area (Å²) >= 11 is 1.49. The van der Waals surface area contributed by atoms with Crippen molar-refractivity contribution in [1.82, 2.24) is 25.5 Å². The standard InChI is InChI=1S/C35H39N5O6S/c41-30(16-21-11-12-21)38-26-10-5-3-1-2-4-8-22-19-35(22,34(44)45)39-32(42)28-17-23(20-40(28)33(26)43)46-29-18-27(24-9-6-7-14-36-24)37-25-13-15-47-31(25)29/h4,6-9,13-15,18,21-23,26,28H,1-3,5,10-12,16-17,19-20H2,(H,38,41)(H,39,42)(H,44,45)/b8-4-/t22-,23+,26-,28-,35+/m0/s1. The lowest BCUT2D eigenvalue weighted by atomic mass is 10.0. The zero-order chi connectivity index (χ0) is 32.5. The third-order valence-corrected chi connectivity index (χ3v) is 10.6. The fourth-order valence-electron chi connectivity index (χ4n) is 6.82. The van der Waals surface area contributed by atoms with Crippen molar-refractivity contribution in [3.8, 4) is 17.1 Å². The number of pyridine rings is 2. The average Bonchev–Trinajstić information content (AvgIpc) is 3.89. The Bertz CT molecular complexity index is 1710. The lowest BCUT2D eigenvalue weighted by molar-refractivity contribution is -0.146. The Morgan fingerprint density at radius 1 is 1.13 bits per heavy atom. The third-order valence-electron chi connectivity index (χ3n) is 9.73. The molecule has 5 heterocycles. The number of thiophene rings is 1. The molecule has 7 rings (SSSR count). The van der Waals surface area contributed by atoms with Crippen LogP contribution in [0, 0.1) is 11.8 Å². The number of nitrogens with one attached hydrogen (secondary N) is 2.